The molecule has 0 aromatic heterocycles. The van der Waals surface area contributed by atoms with E-state index in [9.17, 15) is 19.2 Å². The molecule has 252 valence electrons. The van der Waals surface area contributed by atoms with E-state index in [0.29, 0.717) is 31.8 Å². The van der Waals surface area contributed by atoms with Crippen LogP contribution in [0.2, 0.25) is 0 Å². The van der Waals surface area contributed by atoms with E-state index in [1.165, 1.54) is 0 Å². The van der Waals surface area contributed by atoms with Crippen LogP contribution >= 0.6 is 0 Å². The summed E-state index contributed by atoms with van der Waals surface area (Å²) in [5, 5.41) is 10.9. The van der Waals surface area contributed by atoms with Crippen molar-refractivity contribution in [2.24, 2.45) is 0 Å². The van der Waals surface area contributed by atoms with Gasteiger partial charge in [-0.05, 0) is 75.4 Å². The number of hydrogen-bond donors (Lipinski definition) is 2. The molecule has 12 heteroatoms. The van der Waals surface area contributed by atoms with Gasteiger partial charge in [0.25, 0.3) is 0 Å². The number of likely N-dealkylation sites (N-methyl/N-ethyl adjacent to an activating group) is 2. The molecule has 0 saturated carbocycles. The highest BCUT2D eigenvalue weighted by Crippen LogP contribution is 2.27. The second-order valence-corrected chi connectivity index (χ2v) is 12.3. The summed E-state index contributed by atoms with van der Waals surface area (Å²) in [6.07, 6.45) is 0.132. The van der Waals surface area contributed by atoms with Crippen molar-refractivity contribution in [3.8, 4) is 5.75 Å². The van der Waals surface area contributed by atoms with Gasteiger partial charge in [0.15, 0.2) is 0 Å². The summed E-state index contributed by atoms with van der Waals surface area (Å²) in [7, 11) is 7.26. The molecular formula is C35H47N7O5. The predicted octanol–water partition coefficient (Wildman–Crippen LogP) is 3.17. The molecule has 3 aromatic rings. The van der Waals surface area contributed by atoms with E-state index in [-0.39, 0.29) is 31.1 Å². The summed E-state index contributed by atoms with van der Waals surface area (Å²) in [4.78, 5) is 57.3. The van der Waals surface area contributed by atoms with Gasteiger partial charge >= 0.3 is 12.1 Å². The number of hydrogen-bond acceptors (Lipinski definition) is 8. The zero-order chi connectivity index (χ0) is 34.1. The Hall–Kier alpha value is -4.52. The molecule has 3 aromatic carbocycles. The summed E-state index contributed by atoms with van der Waals surface area (Å²) in [5.41, 5.74) is 1.88. The van der Waals surface area contributed by atoms with Crippen LogP contribution in [0.3, 0.4) is 0 Å². The third-order valence-corrected chi connectivity index (χ3v) is 8.37. The Labute approximate surface area is 277 Å². The topological polar surface area (TPSA) is 118 Å². The Kier molecular flexibility index (Phi) is 12.3. The molecule has 1 saturated heterocycles. The standard InChI is InChI=1S/C35H47N7O5/c1-25(2)42(34(45)36-3)41(20-21-43)32-24-40(23-28-12-9-11-27-10-7-8-13-30(27)28)33(44)31(39(32)6)22-26-14-16-29(17-15-26)47-35(46)37-18-19-38(4)5/h7-17,21,25,31-32H,18-20,22-24H2,1-6H3,(H,36,45)(H,37,46)/t31-,32-/m0/s1. The van der Waals surface area contributed by atoms with Crippen LogP contribution in [0.1, 0.15) is 25.0 Å². The zero-order valence-corrected chi connectivity index (χ0v) is 28.2. The Morgan fingerprint density at radius 3 is 2.40 bits per heavy atom. The molecule has 1 heterocycles. The fourth-order valence-electron chi connectivity index (χ4n) is 5.96. The van der Waals surface area contributed by atoms with Crippen molar-refractivity contribution in [1.29, 1.82) is 0 Å². The van der Waals surface area contributed by atoms with E-state index < -0.39 is 18.3 Å². The van der Waals surface area contributed by atoms with Crippen LogP contribution in [-0.4, -0.2) is 122 Å². The molecule has 1 aliphatic rings. The lowest BCUT2D eigenvalue weighted by atomic mass is 9.98. The number of carbonyl (C=O) groups is 4. The molecular weight excluding hydrogens is 598 g/mol. The molecule has 1 fully saturated rings. The van der Waals surface area contributed by atoms with Gasteiger partial charge in [0.1, 0.15) is 12.0 Å². The van der Waals surface area contributed by atoms with Crippen LogP contribution in [0.25, 0.3) is 10.8 Å². The number of fused-ring (bicyclic) bond motifs is 1. The van der Waals surface area contributed by atoms with Crippen molar-refractivity contribution in [1.82, 2.24) is 35.4 Å². The highest BCUT2D eigenvalue weighted by molar-refractivity contribution is 5.87. The third-order valence-electron chi connectivity index (χ3n) is 8.37. The molecule has 2 atom stereocenters. The first kappa shape index (κ1) is 35.3. The van der Waals surface area contributed by atoms with Crippen LogP contribution in [0.4, 0.5) is 9.59 Å². The highest BCUT2D eigenvalue weighted by Gasteiger charge is 2.43. The molecule has 4 rings (SSSR count). The quantitative estimate of drug-likeness (QED) is 0.215. The van der Waals surface area contributed by atoms with Crippen LogP contribution in [-0.2, 0) is 22.6 Å². The number of amides is 4. The monoisotopic (exact) mass is 645 g/mol. The van der Waals surface area contributed by atoms with E-state index in [2.05, 4.69) is 16.7 Å². The first-order chi connectivity index (χ1) is 22.5. The normalized spacial score (nSPS) is 17.0. The lowest BCUT2D eigenvalue weighted by Gasteiger charge is -2.51. The zero-order valence-electron chi connectivity index (χ0n) is 28.2. The number of urea groups is 1. The molecule has 0 spiro atoms. The molecule has 0 aliphatic carbocycles. The van der Waals surface area contributed by atoms with Gasteiger partial charge < -0.3 is 30.0 Å². The summed E-state index contributed by atoms with van der Waals surface area (Å²) in [6.45, 7) is 5.54. The number of piperazine rings is 1. The maximum absolute atomic E-state index is 14.3. The first-order valence-corrected chi connectivity index (χ1v) is 15.9. The van der Waals surface area contributed by atoms with Gasteiger partial charge in [-0.2, -0.15) is 5.01 Å². The lowest BCUT2D eigenvalue weighted by molar-refractivity contribution is -0.165. The number of hydrazine groups is 1. The van der Waals surface area contributed by atoms with Gasteiger partial charge in [0.2, 0.25) is 5.91 Å². The number of benzene rings is 3. The molecule has 0 radical (unpaired) electrons. The Morgan fingerprint density at radius 1 is 1.04 bits per heavy atom. The number of carbonyl (C=O) groups excluding carboxylic acids is 4. The number of rotatable bonds is 13. The Balaban J connectivity index is 1.63. The van der Waals surface area contributed by atoms with E-state index in [0.717, 1.165) is 28.2 Å². The maximum Gasteiger partial charge on any atom is 0.412 e. The molecule has 4 amide bonds. The number of aldehydes is 1. The number of nitrogens with zero attached hydrogens (tertiary/aromatic N) is 5. The number of nitrogens with one attached hydrogen (secondary N) is 2. The smallest absolute Gasteiger partial charge is 0.410 e. The average molecular weight is 646 g/mol. The lowest BCUT2D eigenvalue weighted by Crippen LogP contribution is -2.70. The van der Waals surface area contributed by atoms with E-state index in [4.69, 9.17) is 4.74 Å². The van der Waals surface area contributed by atoms with Gasteiger partial charge in [0.05, 0.1) is 25.3 Å². The van der Waals surface area contributed by atoms with E-state index >= 15 is 0 Å². The molecule has 0 bridgehead atoms. The molecule has 12 nitrogen and oxygen atoms in total. The SMILES string of the molecule is CNC(=O)N(C(C)C)N(CC=O)[C@H]1CN(Cc2cccc3ccccc23)C(=O)[C@H](Cc2ccc(OC(=O)NCCN(C)C)cc2)N1C. The van der Waals surface area contributed by atoms with Crippen LogP contribution in [0, 0.1) is 0 Å². The minimum absolute atomic E-state index is 0.0354. The van der Waals surface area contributed by atoms with Crippen molar-refractivity contribution in [2.45, 2.75) is 45.1 Å². The Bertz CT molecular complexity index is 1520. The second kappa shape index (κ2) is 16.3. The van der Waals surface area contributed by atoms with Crippen molar-refractivity contribution in [3.05, 3.63) is 77.9 Å². The molecule has 1 aliphatic heterocycles. The minimum Gasteiger partial charge on any atom is -0.410 e. The predicted molar refractivity (Wildman–Crippen MR) is 182 cm³/mol. The van der Waals surface area contributed by atoms with Crippen LogP contribution in [0.15, 0.2) is 66.7 Å². The molecule has 47 heavy (non-hydrogen) atoms. The summed E-state index contributed by atoms with van der Waals surface area (Å²) in [5.74, 6) is 0.338. The van der Waals surface area contributed by atoms with Gasteiger partial charge in [-0.3, -0.25) is 14.7 Å². The van der Waals surface area contributed by atoms with Crippen molar-refractivity contribution < 1.29 is 23.9 Å². The highest BCUT2D eigenvalue weighted by atomic mass is 16.6. The van der Waals surface area contributed by atoms with E-state index in [1.807, 2.05) is 98.2 Å². The van der Waals surface area contributed by atoms with Crippen molar-refractivity contribution >= 4 is 35.1 Å². The van der Waals surface area contributed by atoms with Gasteiger partial charge in [-0.1, -0.05) is 54.6 Å². The first-order valence-electron chi connectivity index (χ1n) is 15.9. The largest absolute Gasteiger partial charge is 0.412 e. The number of ether oxygens (including phenoxy) is 1. The van der Waals surface area contributed by atoms with Gasteiger partial charge in [0, 0.05) is 32.7 Å². The second-order valence-electron chi connectivity index (χ2n) is 12.3. The van der Waals surface area contributed by atoms with Crippen LogP contribution < -0.4 is 15.4 Å². The fraction of sp³-hybridized carbons (Fsp3) is 0.429. The Morgan fingerprint density at radius 2 is 1.74 bits per heavy atom. The summed E-state index contributed by atoms with van der Waals surface area (Å²) < 4.78 is 5.42. The van der Waals surface area contributed by atoms with Crippen LogP contribution in [0.5, 0.6) is 5.75 Å². The summed E-state index contributed by atoms with van der Waals surface area (Å²) in [6, 6.07) is 20.1. The third kappa shape index (κ3) is 8.85. The van der Waals surface area contributed by atoms with Crippen molar-refractivity contribution in [2.75, 3.05) is 54.4 Å². The van der Waals surface area contributed by atoms with Gasteiger partial charge in [-0.25, -0.2) is 9.59 Å². The minimum atomic E-state index is -0.599. The molecule has 2 N–H and O–H groups in total. The molecule has 0 unspecified atom stereocenters. The van der Waals surface area contributed by atoms with Gasteiger partial charge in [-0.15, -0.1) is 0 Å². The maximum atomic E-state index is 14.3. The fourth-order valence-corrected chi connectivity index (χ4v) is 5.96. The van der Waals surface area contributed by atoms with E-state index in [1.54, 1.807) is 29.2 Å². The van der Waals surface area contributed by atoms with Crippen molar-refractivity contribution in [3.63, 3.8) is 0 Å². The average Bonchev–Trinajstić information content (AvgIpc) is 3.04. The summed E-state index contributed by atoms with van der Waals surface area (Å²) >= 11 is 0.